The molecule has 0 unspecified atom stereocenters. The first kappa shape index (κ1) is 16.7. The first-order valence-corrected chi connectivity index (χ1v) is 9.86. The largest absolute Gasteiger partial charge is 0.304 e. The first-order chi connectivity index (χ1) is 11.4. The Hall–Kier alpha value is -2.14. The van der Waals surface area contributed by atoms with Crippen LogP contribution in [0.5, 0.6) is 0 Å². The normalized spacial score (nSPS) is 19.2. The van der Waals surface area contributed by atoms with E-state index in [1.807, 2.05) is 50.2 Å². The van der Waals surface area contributed by atoms with Crippen LogP contribution in [-0.2, 0) is 9.84 Å². The average Bonchev–Trinajstić information content (AvgIpc) is 2.91. The van der Waals surface area contributed by atoms with Crippen molar-refractivity contribution in [2.45, 2.75) is 26.3 Å². The highest BCUT2D eigenvalue weighted by Gasteiger charge is 2.36. The second-order valence-electron chi connectivity index (χ2n) is 6.37. The summed E-state index contributed by atoms with van der Waals surface area (Å²) in [6.07, 6.45) is 0.480. The predicted octanol–water partition coefficient (Wildman–Crippen LogP) is 3.14. The van der Waals surface area contributed by atoms with Crippen LogP contribution in [0.1, 0.15) is 27.9 Å². The third-order valence-electron chi connectivity index (χ3n) is 4.58. The van der Waals surface area contributed by atoms with Crippen molar-refractivity contribution in [1.29, 1.82) is 0 Å². The molecule has 1 heterocycles. The molecule has 0 N–H and O–H groups in total. The lowest BCUT2D eigenvalue weighted by atomic mass is 10.1. The van der Waals surface area contributed by atoms with Crippen molar-refractivity contribution < 1.29 is 13.2 Å². The number of rotatable bonds is 3. The zero-order valence-corrected chi connectivity index (χ0v) is 14.7. The molecule has 0 aromatic heterocycles. The number of amides is 1. The van der Waals surface area contributed by atoms with E-state index in [9.17, 15) is 13.2 Å². The minimum Gasteiger partial charge on any atom is -0.304 e. The molecule has 0 saturated carbocycles. The fourth-order valence-electron chi connectivity index (χ4n) is 3.07. The molecule has 24 heavy (non-hydrogen) atoms. The van der Waals surface area contributed by atoms with Crippen LogP contribution in [0.25, 0.3) is 0 Å². The minimum atomic E-state index is -3.08. The Morgan fingerprint density at radius 1 is 1.04 bits per heavy atom. The van der Waals surface area contributed by atoms with Crippen LogP contribution >= 0.6 is 0 Å². The van der Waals surface area contributed by atoms with Gasteiger partial charge in [0.05, 0.1) is 17.5 Å². The maximum absolute atomic E-state index is 13.1. The van der Waals surface area contributed by atoms with Crippen molar-refractivity contribution in [2.75, 3.05) is 16.4 Å². The number of aryl methyl sites for hydroxylation is 2. The fourth-order valence-corrected chi connectivity index (χ4v) is 4.77. The maximum Gasteiger partial charge on any atom is 0.258 e. The summed E-state index contributed by atoms with van der Waals surface area (Å²) in [5.74, 6) is 0.0144. The van der Waals surface area contributed by atoms with E-state index in [2.05, 4.69) is 0 Å². The van der Waals surface area contributed by atoms with E-state index in [0.717, 1.165) is 16.8 Å². The van der Waals surface area contributed by atoms with Crippen molar-refractivity contribution in [3.63, 3.8) is 0 Å². The Morgan fingerprint density at radius 2 is 1.75 bits per heavy atom. The van der Waals surface area contributed by atoms with Gasteiger partial charge in [-0.05, 0) is 55.7 Å². The molecular weight excluding hydrogens is 322 g/mol. The molecule has 3 rings (SSSR count). The molecule has 1 aliphatic rings. The minimum absolute atomic E-state index is 0.0263. The second-order valence-corrected chi connectivity index (χ2v) is 8.60. The smallest absolute Gasteiger partial charge is 0.258 e. The van der Waals surface area contributed by atoms with E-state index in [1.54, 1.807) is 17.0 Å². The van der Waals surface area contributed by atoms with Gasteiger partial charge in [0.2, 0.25) is 0 Å². The summed E-state index contributed by atoms with van der Waals surface area (Å²) in [5, 5.41) is 0. The third kappa shape index (κ3) is 3.36. The second kappa shape index (κ2) is 6.40. The number of hydrogen-bond acceptors (Lipinski definition) is 3. The monoisotopic (exact) mass is 343 g/mol. The number of carbonyl (C=O) groups excluding carboxylic acids is 1. The molecule has 1 saturated heterocycles. The van der Waals surface area contributed by atoms with Gasteiger partial charge in [-0.15, -0.1) is 0 Å². The Labute approximate surface area is 143 Å². The summed E-state index contributed by atoms with van der Waals surface area (Å²) in [6.45, 7) is 4.01. The molecule has 5 heteroatoms. The fraction of sp³-hybridized carbons (Fsp3) is 0.316. The van der Waals surface area contributed by atoms with Gasteiger partial charge in [-0.3, -0.25) is 4.79 Å². The molecule has 0 radical (unpaired) electrons. The molecule has 1 fully saturated rings. The van der Waals surface area contributed by atoms with Crippen molar-refractivity contribution in [2.24, 2.45) is 0 Å². The standard InChI is InChI=1S/C19H21NO3S/c1-14-8-9-17(12-15(14)2)20(18-10-11-24(22,23)13-18)19(21)16-6-4-3-5-7-16/h3-9,12,18H,10-11,13H2,1-2H3/t18-/m0/s1. The van der Waals surface area contributed by atoms with E-state index in [-0.39, 0.29) is 23.5 Å². The summed E-state index contributed by atoms with van der Waals surface area (Å²) in [7, 11) is -3.08. The van der Waals surface area contributed by atoms with Gasteiger partial charge in [-0.25, -0.2) is 8.42 Å². The summed E-state index contributed by atoms with van der Waals surface area (Å²) in [5.41, 5.74) is 3.55. The molecular formula is C19H21NO3S. The van der Waals surface area contributed by atoms with Gasteiger partial charge in [0.1, 0.15) is 0 Å². The Balaban J connectivity index is 2.04. The molecule has 0 spiro atoms. The van der Waals surface area contributed by atoms with E-state index in [1.165, 1.54) is 0 Å². The van der Waals surface area contributed by atoms with Gasteiger partial charge in [0.15, 0.2) is 9.84 Å². The number of anilines is 1. The third-order valence-corrected chi connectivity index (χ3v) is 6.33. The summed E-state index contributed by atoms with van der Waals surface area (Å²) in [4.78, 5) is 14.7. The van der Waals surface area contributed by atoms with Crippen LogP contribution in [0.3, 0.4) is 0 Å². The van der Waals surface area contributed by atoms with Crippen molar-refractivity contribution in [3.8, 4) is 0 Å². The van der Waals surface area contributed by atoms with Crippen LogP contribution in [0.2, 0.25) is 0 Å². The zero-order valence-electron chi connectivity index (χ0n) is 13.9. The van der Waals surface area contributed by atoms with E-state index in [0.29, 0.717) is 12.0 Å². The Kier molecular flexibility index (Phi) is 4.45. The van der Waals surface area contributed by atoms with Crippen LogP contribution in [-0.4, -0.2) is 31.9 Å². The van der Waals surface area contributed by atoms with Gasteiger partial charge in [-0.1, -0.05) is 24.3 Å². The molecule has 2 aromatic rings. The van der Waals surface area contributed by atoms with E-state index < -0.39 is 9.84 Å². The van der Waals surface area contributed by atoms with Crippen LogP contribution in [0.4, 0.5) is 5.69 Å². The zero-order chi connectivity index (χ0) is 17.3. The van der Waals surface area contributed by atoms with Crippen LogP contribution in [0.15, 0.2) is 48.5 Å². The summed E-state index contributed by atoms with van der Waals surface area (Å²) >= 11 is 0. The number of carbonyl (C=O) groups is 1. The lowest BCUT2D eigenvalue weighted by Crippen LogP contribution is -2.41. The Morgan fingerprint density at radius 3 is 2.33 bits per heavy atom. The number of benzene rings is 2. The molecule has 1 atom stereocenters. The Bertz CT molecular complexity index is 859. The SMILES string of the molecule is Cc1ccc(N(C(=O)c2ccccc2)[C@H]2CCS(=O)(=O)C2)cc1C. The topological polar surface area (TPSA) is 54.5 Å². The van der Waals surface area contributed by atoms with Crippen LogP contribution < -0.4 is 4.90 Å². The highest BCUT2D eigenvalue weighted by Crippen LogP contribution is 2.28. The summed E-state index contributed by atoms with van der Waals surface area (Å²) in [6, 6.07) is 14.5. The predicted molar refractivity (Wildman–Crippen MR) is 96.2 cm³/mol. The number of sulfone groups is 1. The molecule has 0 bridgehead atoms. The van der Waals surface area contributed by atoms with Crippen molar-refractivity contribution in [3.05, 3.63) is 65.2 Å². The van der Waals surface area contributed by atoms with Crippen molar-refractivity contribution >= 4 is 21.4 Å². The summed E-state index contributed by atoms with van der Waals surface area (Å²) < 4.78 is 23.8. The highest BCUT2D eigenvalue weighted by molar-refractivity contribution is 7.91. The lowest BCUT2D eigenvalue weighted by Gasteiger charge is -2.29. The van der Waals surface area contributed by atoms with Gasteiger partial charge in [-0.2, -0.15) is 0 Å². The number of hydrogen-bond donors (Lipinski definition) is 0. The van der Waals surface area contributed by atoms with Crippen molar-refractivity contribution in [1.82, 2.24) is 0 Å². The van der Waals surface area contributed by atoms with Gasteiger partial charge >= 0.3 is 0 Å². The van der Waals surface area contributed by atoms with E-state index in [4.69, 9.17) is 0 Å². The quantitative estimate of drug-likeness (QED) is 0.860. The molecule has 2 aromatic carbocycles. The molecule has 126 valence electrons. The first-order valence-electron chi connectivity index (χ1n) is 8.04. The average molecular weight is 343 g/mol. The maximum atomic E-state index is 13.1. The lowest BCUT2D eigenvalue weighted by molar-refractivity contribution is 0.0979. The molecule has 4 nitrogen and oxygen atoms in total. The van der Waals surface area contributed by atoms with Gasteiger partial charge in [0.25, 0.3) is 5.91 Å². The van der Waals surface area contributed by atoms with E-state index >= 15 is 0 Å². The molecule has 0 aliphatic carbocycles. The molecule has 1 amide bonds. The highest BCUT2D eigenvalue weighted by atomic mass is 32.2. The molecule has 1 aliphatic heterocycles. The van der Waals surface area contributed by atoms with Crippen LogP contribution in [0, 0.1) is 13.8 Å². The van der Waals surface area contributed by atoms with Gasteiger partial charge in [0, 0.05) is 11.3 Å². The van der Waals surface area contributed by atoms with Gasteiger partial charge < -0.3 is 4.90 Å². The number of nitrogens with zero attached hydrogens (tertiary/aromatic N) is 1.